The predicted octanol–water partition coefficient (Wildman–Crippen LogP) is 1.68. The molecule has 7 nitrogen and oxygen atoms in total. The lowest BCUT2D eigenvalue weighted by Gasteiger charge is -2.15. The summed E-state index contributed by atoms with van der Waals surface area (Å²) in [6, 6.07) is 7.55. The Morgan fingerprint density at radius 2 is 2.08 bits per heavy atom. The smallest absolute Gasteiger partial charge is 0.307 e. The van der Waals surface area contributed by atoms with E-state index in [1.165, 1.54) is 10.9 Å². The molecule has 0 aliphatic rings. The minimum absolute atomic E-state index is 0.0372. The quantitative estimate of drug-likeness (QED) is 0.764. The Labute approximate surface area is 142 Å². The summed E-state index contributed by atoms with van der Waals surface area (Å²) in [4.78, 5) is 27.6. The number of hydrogen-bond donors (Lipinski definition) is 1. The van der Waals surface area contributed by atoms with Crippen molar-refractivity contribution in [1.29, 1.82) is 0 Å². The highest BCUT2D eigenvalue weighted by Gasteiger charge is 2.12. The fourth-order valence-corrected chi connectivity index (χ4v) is 3.10. The molecule has 0 spiro atoms. The van der Waals surface area contributed by atoms with E-state index in [0.29, 0.717) is 0 Å². The lowest BCUT2D eigenvalue weighted by molar-refractivity contribution is -0.122. The summed E-state index contributed by atoms with van der Waals surface area (Å²) >= 11 is 1.10. The number of carbonyl (C=O) groups excluding carboxylic acids is 1. The topological polar surface area (TPSA) is 81.8 Å². The third-order valence-electron chi connectivity index (χ3n) is 3.73. The molecule has 1 amide bonds. The second kappa shape index (κ2) is 6.79. The Morgan fingerprint density at radius 3 is 2.67 bits per heavy atom. The van der Waals surface area contributed by atoms with Crippen LogP contribution in [0.15, 0.2) is 47.1 Å². The van der Waals surface area contributed by atoms with Gasteiger partial charge in [0.25, 0.3) is 0 Å². The highest BCUT2D eigenvalue weighted by Crippen LogP contribution is 2.15. The molecule has 1 atom stereocenters. The average molecular weight is 343 g/mol. The second-order valence-corrected chi connectivity index (χ2v) is 6.27. The molecule has 124 valence electrons. The van der Waals surface area contributed by atoms with Crippen molar-refractivity contribution < 1.29 is 4.79 Å². The van der Waals surface area contributed by atoms with Gasteiger partial charge in [-0.25, -0.2) is 9.67 Å². The van der Waals surface area contributed by atoms with E-state index < -0.39 is 0 Å². The van der Waals surface area contributed by atoms with Gasteiger partial charge in [-0.1, -0.05) is 23.5 Å². The van der Waals surface area contributed by atoms with Gasteiger partial charge in [0.05, 0.1) is 11.7 Å². The van der Waals surface area contributed by atoms with Crippen LogP contribution in [-0.4, -0.2) is 25.2 Å². The highest BCUT2D eigenvalue weighted by molar-refractivity contribution is 7.07. The van der Waals surface area contributed by atoms with E-state index in [0.717, 1.165) is 28.3 Å². The van der Waals surface area contributed by atoms with E-state index in [-0.39, 0.29) is 23.4 Å². The SMILES string of the molecule is Cc1csc(=O)n1CC(=O)N[C@H](C)c1ccc(-n2cncn2)cc1. The molecule has 8 heteroatoms. The van der Waals surface area contributed by atoms with Gasteiger partial charge in [0.15, 0.2) is 0 Å². The zero-order chi connectivity index (χ0) is 17.1. The molecule has 2 heterocycles. The van der Waals surface area contributed by atoms with E-state index in [9.17, 15) is 9.59 Å². The summed E-state index contributed by atoms with van der Waals surface area (Å²) in [5.41, 5.74) is 2.67. The van der Waals surface area contributed by atoms with Crippen molar-refractivity contribution in [3.8, 4) is 5.69 Å². The molecular weight excluding hydrogens is 326 g/mol. The molecule has 0 aliphatic carbocycles. The number of nitrogens with zero attached hydrogens (tertiary/aromatic N) is 4. The van der Waals surface area contributed by atoms with Gasteiger partial charge in [0.1, 0.15) is 19.2 Å². The fraction of sp³-hybridized carbons (Fsp3) is 0.250. The molecule has 0 bridgehead atoms. The Balaban J connectivity index is 1.65. The maximum Gasteiger partial charge on any atom is 0.307 e. The van der Waals surface area contributed by atoms with Gasteiger partial charge in [-0.2, -0.15) is 5.10 Å². The molecule has 0 saturated heterocycles. The van der Waals surface area contributed by atoms with Crippen molar-refractivity contribution in [2.24, 2.45) is 0 Å². The summed E-state index contributed by atoms with van der Waals surface area (Å²) in [5.74, 6) is -0.188. The van der Waals surface area contributed by atoms with Crippen molar-refractivity contribution in [3.05, 3.63) is 63.2 Å². The Morgan fingerprint density at radius 1 is 1.33 bits per heavy atom. The van der Waals surface area contributed by atoms with Crippen LogP contribution in [0.1, 0.15) is 24.2 Å². The van der Waals surface area contributed by atoms with Crippen molar-refractivity contribution >= 4 is 17.2 Å². The highest BCUT2D eigenvalue weighted by atomic mass is 32.1. The summed E-state index contributed by atoms with van der Waals surface area (Å²) in [6.07, 6.45) is 3.10. The summed E-state index contributed by atoms with van der Waals surface area (Å²) < 4.78 is 3.14. The Hall–Kier alpha value is -2.74. The molecule has 3 rings (SSSR count). The molecule has 0 saturated carbocycles. The third kappa shape index (κ3) is 3.43. The number of thiazole rings is 1. The lowest BCUT2D eigenvalue weighted by Crippen LogP contribution is -2.32. The van der Waals surface area contributed by atoms with E-state index in [1.54, 1.807) is 16.4 Å². The molecule has 1 N–H and O–H groups in total. The van der Waals surface area contributed by atoms with E-state index in [1.807, 2.05) is 38.1 Å². The van der Waals surface area contributed by atoms with Crippen molar-refractivity contribution in [1.82, 2.24) is 24.6 Å². The molecule has 3 aromatic rings. The van der Waals surface area contributed by atoms with Gasteiger partial charge in [0.2, 0.25) is 5.91 Å². The van der Waals surface area contributed by atoms with E-state index in [2.05, 4.69) is 15.4 Å². The van der Waals surface area contributed by atoms with Gasteiger partial charge < -0.3 is 5.32 Å². The number of carbonyl (C=O) groups is 1. The van der Waals surface area contributed by atoms with Crippen molar-refractivity contribution in [3.63, 3.8) is 0 Å². The summed E-state index contributed by atoms with van der Waals surface area (Å²) in [6.45, 7) is 3.76. The first-order chi connectivity index (χ1) is 11.5. The minimum Gasteiger partial charge on any atom is -0.348 e. The van der Waals surface area contributed by atoms with Gasteiger partial charge in [-0.3, -0.25) is 14.2 Å². The number of aryl methyl sites for hydroxylation is 1. The Bertz CT molecular complexity index is 880. The molecule has 0 aliphatic heterocycles. The average Bonchev–Trinajstić information content (AvgIpc) is 3.21. The van der Waals surface area contributed by atoms with Gasteiger partial charge >= 0.3 is 4.87 Å². The zero-order valence-electron chi connectivity index (χ0n) is 13.3. The number of benzene rings is 1. The monoisotopic (exact) mass is 343 g/mol. The zero-order valence-corrected chi connectivity index (χ0v) is 14.2. The molecule has 0 radical (unpaired) electrons. The van der Waals surface area contributed by atoms with Crippen LogP contribution in [0.25, 0.3) is 5.69 Å². The van der Waals surface area contributed by atoms with Gasteiger partial charge in [0, 0.05) is 11.1 Å². The number of aromatic nitrogens is 4. The molecule has 24 heavy (non-hydrogen) atoms. The molecule has 2 aromatic heterocycles. The molecule has 1 aromatic carbocycles. The van der Waals surface area contributed by atoms with Crippen molar-refractivity contribution in [2.75, 3.05) is 0 Å². The molecule has 0 fully saturated rings. The normalized spacial score (nSPS) is 12.1. The van der Waals surface area contributed by atoms with Crippen LogP contribution in [0, 0.1) is 6.92 Å². The summed E-state index contributed by atoms with van der Waals surface area (Å²) in [7, 11) is 0. The van der Waals surface area contributed by atoms with Crippen LogP contribution in [-0.2, 0) is 11.3 Å². The van der Waals surface area contributed by atoms with Crippen LogP contribution in [0.5, 0.6) is 0 Å². The van der Waals surface area contributed by atoms with Crippen LogP contribution in [0.3, 0.4) is 0 Å². The number of nitrogens with one attached hydrogen (secondary N) is 1. The number of hydrogen-bond acceptors (Lipinski definition) is 5. The third-order valence-corrected chi connectivity index (χ3v) is 4.61. The minimum atomic E-state index is -0.188. The standard InChI is InChI=1S/C16H17N5O2S/c1-11-8-24-16(23)20(11)7-15(22)19-12(2)13-3-5-14(6-4-13)21-10-17-9-18-21/h3-6,8-10,12H,7H2,1-2H3,(H,19,22)/t12-/m1/s1. The van der Waals surface area contributed by atoms with Crippen LogP contribution in [0.2, 0.25) is 0 Å². The fourth-order valence-electron chi connectivity index (χ4n) is 2.37. The maximum absolute atomic E-state index is 12.2. The van der Waals surface area contributed by atoms with Crippen LogP contribution >= 0.6 is 11.3 Å². The number of rotatable bonds is 5. The second-order valence-electron chi connectivity index (χ2n) is 5.45. The van der Waals surface area contributed by atoms with Crippen LogP contribution < -0.4 is 10.2 Å². The Kier molecular flexibility index (Phi) is 4.57. The van der Waals surface area contributed by atoms with Crippen molar-refractivity contribution in [2.45, 2.75) is 26.4 Å². The lowest BCUT2D eigenvalue weighted by atomic mass is 10.1. The largest absolute Gasteiger partial charge is 0.348 e. The van der Waals surface area contributed by atoms with E-state index in [4.69, 9.17) is 0 Å². The van der Waals surface area contributed by atoms with E-state index >= 15 is 0 Å². The molecular formula is C16H17N5O2S. The molecule has 0 unspecified atom stereocenters. The summed E-state index contributed by atoms with van der Waals surface area (Å²) in [5, 5.41) is 8.74. The van der Waals surface area contributed by atoms with Gasteiger partial charge in [-0.15, -0.1) is 0 Å². The number of amides is 1. The first-order valence-electron chi connectivity index (χ1n) is 7.44. The maximum atomic E-state index is 12.2. The first-order valence-corrected chi connectivity index (χ1v) is 8.32. The first kappa shape index (κ1) is 16.1. The van der Waals surface area contributed by atoms with Gasteiger partial charge in [-0.05, 0) is 31.5 Å². The van der Waals surface area contributed by atoms with Crippen LogP contribution in [0.4, 0.5) is 0 Å². The predicted molar refractivity (Wildman–Crippen MR) is 91.2 cm³/mol.